The zero-order valence-electron chi connectivity index (χ0n) is 12.2. The maximum atomic E-state index is 11.2. The molecule has 106 valence electrons. The molecule has 18 heavy (non-hydrogen) atoms. The number of hydrogen-bond acceptors (Lipinski definition) is 2. The first-order chi connectivity index (χ1) is 8.48. The Labute approximate surface area is 111 Å². The van der Waals surface area contributed by atoms with Crippen molar-refractivity contribution in [2.75, 3.05) is 6.61 Å². The van der Waals surface area contributed by atoms with E-state index < -0.39 is 5.60 Å². The Morgan fingerprint density at radius 3 is 2.72 bits per heavy atom. The first-order valence-electron chi connectivity index (χ1n) is 7.41. The molecule has 1 unspecified atom stereocenters. The fraction of sp³-hybridized carbons (Fsp3) is 0.933. The highest BCUT2D eigenvalue weighted by Gasteiger charge is 2.36. The van der Waals surface area contributed by atoms with Gasteiger partial charge in [-0.2, -0.15) is 0 Å². The van der Waals surface area contributed by atoms with Gasteiger partial charge in [0.25, 0.3) is 0 Å². The van der Waals surface area contributed by atoms with E-state index in [0.717, 1.165) is 18.8 Å². The summed E-state index contributed by atoms with van der Waals surface area (Å²) in [5.74, 6) is 1.15. The van der Waals surface area contributed by atoms with Gasteiger partial charge in [-0.15, -0.1) is 0 Å². The van der Waals surface area contributed by atoms with Crippen molar-refractivity contribution in [2.45, 2.75) is 71.3 Å². The van der Waals surface area contributed by atoms with Gasteiger partial charge < -0.3 is 10.5 Å². The Kier molecular flexibility index (Phi) is 6.13. The summed E-state index contributed by atoms with van der Waals surface area (Å²) in [6, 6.07) is 0. The summed E-state index contributed by atoms with van der Waals surface area (Å²) >= 11 is 0. The minimum Gasteiger partial charge on any atom is -0.367 e. The van der Waals surface area contributed by atoms with Crippen LogP contribution >= 0.6 is 0 Å². The smallest absolute Gasteiger partial charge is 0.249 e. The Bertz CT molecular complexity index is 257. The number of hydrogen-bond donors (Lipinski definition) is 1. The molecule has 3 heteroatoms. The van der Waals surface area contributed by atoms with Crippen molar-refractivity contribution in [3.63, 3.8) is 0 Å². The quantitative estimate of drug-likeness (QED) is 0.710. The van der Waals surface area contributed by atoms with E-state index in [1.54, 1.807) is 0 Å². The number of carbonyl (C=O) groups is 1. The van der Waals surface area contributed by atoms with E-state index >= 15 is 0 Å². The van der Waals surface area contributed by atoms with Gasteiger partial charge in [0, 0.05) is 0 Å². The van der Waals surface area contributed by atoms with Crippen molar-refractivity contribution >= 4 is 5.91 Å². The van der Waals surface area contributed by atoms with Crippen LogP contribution in [-0.4, -0.2) is 18.1 Å². The minimum absolute atomic E-state index is 0.322. The maximum Gasteiger partial charge on any atom is 0.249 e. The molecule has 0 radical (unpaired) electrons. The van der Waals surface area contributed by atoms with Crippen LogP contribution in [0.1, 0.15) is 65.7 Å². The van der Waals surface area contributed by atoms with E-state index in [1.165, 1.54) is 32.1 Å². The van der Waals surface area contributed by atoms with Crippen molar-refractivity contribution in [1.29, 1.82) is 0 Å². The molecule has 1 fully saturated rings. The second-order valence-corrected chi connectivity index (χ2v) is 6.11. The number of ether oxygens (including phenoxy) is 1. The molecule has 3 nitrogen and oxygen atoms in total. The third-order valence-electron chi connectivity index (χ3n) is 4.44. The molecule has 0 spiro atoms. The summed E-state index contributed by atoms with van der Waals surface area (Å²) in [4.78, 5) is 11.2. The van der Waals surface area contributed by atoms with Crippen LogP contribution in [-0.2, 0) is 9.53 Å². The van der Waals surface area contributed by atoms with Crippen LogP contribution in [0.5, 0.6) is 0 Å². The second kappa shape index (κ2) is 7.13. The molecule has 0 bridgehead atoms. The summed E-state index contributed by atoms with van der Waals surface area (Å²) in [7, 11) is 0. The third-order valence-corrected chi connectivity index (χ3v) is 4.44. The molecule has 0 aliphatic carbocycles. The van der Waals surface area contributed by atoms with Gasteiger partial charge in [-0.3, -0.25) is 4.79 Å². The van der Waals surface area contributed by atoms with Gasteiger partial charge in [0.05, 0.1) is 6.61 Å². The molecule has 0 saturated carbocycles. The maximum absolute atomic E-state index is 11.2. The van der Waals surface area contributed by atoms with Gasteiger partial charge in [0.15, 0.2) is 0 Å². The van der Waals surface area contributed by atoms with Crippen LogP contribution in [0.25, 0.3) is 0 Å². The highest BCUT2D eigenvalue weighted by Crippen LogP contribution is 2.30. The normalized spacial score (nSPS) is 30.1. The molecule has 0 aromatic carbocycles. The van der Waals surface area contributed by atoms with Crippen molar-refractivity contribution in [1.82, 2.24) is 0 Å². The lowest BCUT2D eigenvalue weighted by molar-refractivity contribution is -0.151. The van der Waals surface area contributed by atoms with Gasteiger partial charge >= 0.3 is 0 Å². The Hall–Kier alpha value is -0.570. The Morgan fingerprint density at radius 2 is 2.22 bits per heavy atom. The highest BCUT2D eigenvalue weighted by molar-refractivity contribution is 5.83. The molecule has 0 aromatic heterocycles. The molecule has 1 saturated heterocycles. The molecule has 0 aromatic rings. The van der Waals surface area contributed by atoms with Crippen LogP contribution in [0.15, 0.2) is 0 Å². The zero-order valence-corrected chi connectivity index (χ0v) is 12.2. The molecule has 2 N–H and O–H groups in total. The molecule has 3 atom stereocenters. The molecular weight excluding hydrogens is 226 g/mol. The van der Waals surface area contributed by atoms with Gasteiger partial charge in [0.1, 0.15) is 5.60 Å². The zero-order chi connectivity index (χ0) is 13.6. The lowest BCUT2D eigenvalue weighted by Crippen LogP contribution is -2.47. The summed E-state index contributed by atoms with van der Waals surface area (Å²) in [5.41, 5.74) is 4.64. The Balaban J connectivity index is 2.14. The van der Waals surface area contributed by atoms with Crippen molar-refractivity contribution in [2.24, 2.45) is 17.6 Å². The first-order valence-corrected chi connectivity index (χ1v) is 7.41. The average Bonchev–Trinajstić information content (AvgIpc) is 2.36. The predicted molar refractivity (Wildman–Crippen MR) is 74.2 cm³/mol. The van der Waals surface area contributed by atoms with Crippen LogP contribution in [0.2, 0.25) is 0 Å². The predicted octanol–water partition coefficient (Wildman–Crippen LogP) is 3.26. The fourth-order valence-electron chi connectivity index (χ4n) is 2.49. The van der Waals surface area contributed by atoms with E-state index in [1.807, 2.05) is 6.92 Å². The largest absolute Gasteiger partial charge is 0.367 e. The van der Waals surface area contributed by atoms with E-state index in [4.69, 9.17) is 10.5 Å². The minimum atomic E-state index is -0.715. The van der Waals surface area contributed by atoms with E-state index in [0.29, 0.717) is 12.5 Å². The SMILES string of the molecule is CCC(C)CCCC[C@@H]1CC[C@](C)(C(N)=O)OC1. The summed E-state index contributed by atoms with van der Waals surface area (Å²) in [5, 5.41) is 0. The monoisotopic (exact) mass is 255 g/mol. The number of carbonyl (C=O) groups excluding carboxylic acids is 1. The van der Waals surface area contributed by atoms with Gasteiger partial charge in [-0.05, 0) is 38.0 Å². The van der Waals surface area contributed by atoms with Crippen molar-refractivity contribution < 1.29 is 9.53 Å². The number of unbranched alkanes of at least 4 members (excludes halogenated alkanes) is 1. The molecule has 1 rings (SSSR count). The summed E-state index contributed by atoms with van der Waals surface area (Å²) < 4.78 is 5.66. The van der Waals surface area contributed by atoms with Crippen LogP contribution in [0.4, 0.5) is 0 Å². The average molecular weight is 255 g/mol. The van der Waals surface area contributed by atoms with Crippen molar-refractivity contribution in [3.05, 3.63) is 0 Å². The summed E-state index contributed by atoms with van der Waals surface area (Å²) in [6.07, 6.45) is 8.29. The molecular formula is C15H29NO2. The topological polar surface area (TPSA) is 52.3 Å². The highest BCUT2D eigenvalue weighted by atomic mass is 16.5. The number of amides is 1. The number of rotatable bonds is 7. The van der Waals surface area contributed by atoms with Gasteiger partial charge in [-0.1, -0.05) is 39.5 Å². The van der Waals surface area contributed by atoms with Crippen LogP contribution in [0.3, 0.4) is 0 Å². The number of primary amides is 1. The van der Waals surface area contributed by atoms with Crippen LogP contribution < -0.4 is 5.73 Å². The van der Waals surface area contributed by atoms with Gasteiger partial charge in [0.2, 0.25) is 5.91 Å². The van der Waals surface area contributed by atoms with Gasteiger partial charge in [-0.25, -0.2) is 0 Å². The first kappa shape index (κ1) is 15.5. The van der Waals surface area contributed by atoms with E-state index in [2.05, 4.69) is 13.8 Å². The van der Waals surface area contributed by atoms with E-state index in [-0.39, 0.29) is 5.91 Å². The molecule has 1 heterocycles. The third kappa shape index (κ3) is 4.60. The standard InChI is InChI=1S/C15H29NO2/c1-4-12(2)7-5-6-8-13-9-10-15(3,14(16)17)18-11-13/h12-13H,4-11H2,1-3H3,(H2,16,17)/t12?,13-,15-/m1/s1. The van der Waals surface area contributed by atoms with E-state index in [9.17, 15) is 4.79 Å². The molecule has 1 aliphatic rings. The molecule has 1 aliphatic heterocycles. The summed E-state index contributed by atoms with van der Waals surface area (Å²) in [6.45, 7) is 7.09. The van der Waals surface area contributed by atoms with Crippen LogP contribution in [0, 0.1) is 11.8 Å². The lowest BCUT2D eigenvalue weighted by atomic mass is 9.86. The number of nitrogens with two attached hydrogens (primary N) is 1. The lowest BCUT2D eigenvalue weighted by Gasteiger charge is -2.35. The fourth-order valence-corrected chi connectivity index (χ4v) is 2.49. The van der Waals surface area contributed by atoms with Crippen molar-refractivity contribution in [3.8, 4) is 0 Å². The second-order valence-electron chi connectivity index (χ2n) is 6.11. The molecule has 1 amide bonds. The Morgan fingerprint density at radius 1 is 1.50 bits per heavy atom.